The maximum Gasteiger partial charge on any atom is 0.391 e. The summed E-state index contributed by atoms with van der Waals surface area (Å²) in [5.41, 5.74) is 6.16. The Morgan fingerprint density at radius 1 is 1.33 bits per heavy atom. The Labute approximate surface area is 108 Å². The largest absolute Gasteiger partial charge is 0.396 e. The van der Waals surface area contributed by atoms with Gasteiger partial charge in [-0.25, -0.2) is 4.98 Å². The SMILES string of the molecule is Nc1cc(Cl)cnc1N1CCC(C(F)(F)F)CC1. The average Bonchev–Trinajstić information content (AvgIpc) is 2.28. The maximum atomic E-state index is 12.5. The van der Waals surface area contributed by atoms with Crippen LogP contribution in [-0.4, -0.2) is 24.2 Å². The van der Waals surface area contributed by atoms with Crippen LogP contribution in [0.2, 0.25) is 5.02 Å². The molecule has 1 aromatic heterocycles. The van der Waals surface area contributed by atoms with E-state index in [0.717, 1.165) is 0 Å². The predicted octanol–water partition coefficient (Wildman–Crippen LogP) is 3.10. The zero-order valence-electron chi connectivity index (χ0n) is 9.54. The van der Waals surface area contributed by atoms with E-state index in [1.54, 1.807) is 11.0 Å². The Morgan fingerprint density at radius 2 is 1.94 bits per heavy atom. The van der Waals surface area contributed by atoms with Gasteiger partial charge < -0.3 is 10.6 Å². The highest BCUT2D eigenvalue weighted by Gasteiger charge is 2.41. The van der Waals surface area contributed by atoms with E-state index in [0.29, 0.717) is 29.6 Å². The van der Waals surface area contributed by atoms with E-state index >= 15 is 0 Å². The standard InChI is InChI=1S/C11H13ClF3N3/c12-8-5-9(16)10(17-6-8)18-3-1-7(2-4-18)11(13,14)15/h5-7H,1-4,16H2. The van der Waals surface area contributed by atoms with Crippen molar-refractivity contribution in [2.75, 3.05) is 23.7 Å². The highest BCUT2D eigenvalue weighted by molar-refractivity contribution is 6.30. The molecule has 100 valence electrons. The molecule has 0 unspecified atom stereocenters. The summed E-state index contributed by atoms with van der Waals surface area (Å²) >= 11 is 5.73. The highest BCUT2D eigenvalue weighted by Crippen LogP contribution is 2.36. The summed E-state index contributed by atoms with van der Waals surface area (Å²) in [5.74, 6) is -0.706. The minimum absolute atomic E-state index is 0.0766. The topological polar surface area (TPSA) is 42.1 Å². The molecular weight excluding hydrogens is 267 g/mol. The van der Waals surface area contributed by atoms with Crippen molar-refractivity contribution in [1.82, 2.24) is 4.98 Å². The van der Waals surface area contributed by atoms with Crippen molar-refractivity contribution in [2.24, 2.45) is 5.92 Å². The number of nitrogen functional groups attached to an aromatic ring is 1. The van der Waals surface area contributed by atoms with Gasteiger partial charge in [-0.15, -0.1) is 0 Å². The predicted molar refractivity (Wildman–Crippen MR) is 64.7 cm³/mol. The summed E-state index contributed by atoms with van der Waals surface area (Å²) in [4.78, 5) is 5.85. The van der Waals surface area contributed by atoms with E-state index in [1.807, 2.05) is 0 Å². The van der Waals surface area contributed by atoms with Crippen LogP contribution in [0.1, 0.15) is 12.8 Å². The van der Waals surface area contributed by atoms with Crippen LogP contribution in [0, 0.1) is 5.92 Å². The molecule has 0 amide bonds. The monoisotopic (exact) mass is 279 g/mol. The van der Waals surface area contributed by atoms with Gasteiger partial charge in [0, 0.05) is 19.3 Å². The molecule has 1 saturated heterocycles. The Bertz CT molecular complexity index is 428. The molecule has 0 atom stereocenters. The number of aromatic nitrogens is 1. The fraction of sp³-hybridized carbons (Fsp3) is 0.545. The Hall–Kier alpha value is -1.17. The van der Waals surface area contributed by atoms with Crippen molar-refractivity contribution >= 4 is 23.1 Å². The van der Waals surface area contributed by atoms with Gasteiger partial charge in [0.1, 0.15) is 0 Å². The summed E-state index contributed by atoms with van der Waals surface area (Å²) in [6.07, 6.45) is -2.51. The van der Waals surface area contributed by atoms with Gasteiger partial charge in [-0.2, -0.15) is 13.2 Å². The first-order chi connectivity index (χ1) is 8.38. The van der Waals surface area contributed by atoms with Crippen LogP contribution in [-0.2, 0) is 0 Å². The molecule has 1 fully saturated rings. The molecule has 1 aliphatic heterocycles. The van der Waals surface area contributed by atoms with Crippen LogP contribution < -0.4 is 10.6 Å². The normalized spacial score (nSPS) is 18.1. The molecule has 1 aliphatic rings. The summed E-state index contributed by atoms with van der Waals surface area (Å²) in [5, 5.41) is 0.418. The second-order valence-corrected chi connectivity index (χ2v) is 4.81. The second-order valence-electron chi connectivity index (χ2n) is 4.37. The molecule has 2 heterocycles. The first kappa shape index (κ1) is 13.3. The first-order valence-electron chi connectivity index (χ1n) is 5.60. The van der Waals surface area contributed by atoms with Gasteiger partial charge in [-0.05, 0) is 18.9 Å². The van der Waals surface area contributed by atoms with E-state index < -0.39 is 12.1 Å². The van der Waals surface area contributed by atoms with Gasteiger partial charge in [0.2, 0.25) is 0 Å². The minimum atomic E-state index is -4.11. The molecule has 18 heavy (non-hydrogen) atoms. The number of rotatable bonds is 1. The number of nitrogens with two attached hydrogens (primary N) is 1. The lowest BCUT2D eigenvalue weighted by molar-refractivity contribution is -0.179. The smallest absolute Gasteiger partial charge is 0.391 e. The molecule has 3 nitrogen and oxygen atoms in total. The highest BCUT2D eigenvalue weighted by atomic mass is 35.5. The van der Waals surface area contributed by atoms with Gasteiger partial charge in [0.25, 0.3) is 0 Å². The molecule has 0 radical (unpaired) electrons. The maximum absolute atomic E-state index is 12.5. The van der Waals surface area contributed by atoms with Crippen LogP contribution in [0.4, 0.5) is 24.7 Å². The van der Waals surface area contributed by atoms with Crippen LogP contribution in [0.25, 0.3) is 0 Å². The zero-order chi connectivity index (χ0) is 13.3. The Balaban J connectivity index is 2.06. The van der Waals surface area contributed by atoms with E-state index in [4.69, 9.17) is 17.3 Å². The van der Waals surface area contributed by atoms with E-state index in [1.165, 1.54) is 6.20 Å². The van der Waals surface area contributed by atoms with Crippen molar-refractivity contribution in [3.05, 3.63) is 17.3 Å². The van der Waals surface area contributed by atoms with Gasteiger partial charge in [0.05, 0.1) is 16.6 Å². The Kier molecular flexibility index (Phi) is 3.56. The summed E-state index contributed by atoms with van der Waals surface area (Å²) in [6.45, 7) is 0.617. The lowest BCUT2D eigenvalue weighted by Crippen LogP contribution is -2.39. The number of pyridine rings is 1. The second kappa shape index (κ2) is 4.84. The van der Waals surface area contributed by atoms with Crippen molar-refractivity contribution in [2.45, 2.75) is 19.0 Å². The molecule has 0 aliphatic carbocycles. The van der Waals surface area contributed by atoms with Gasteiger partial charge >= 0.3 is 6.18 Å². The molecular formula is C11H13ClF3N3. The number of piperidine rings is 1. The zero-order valence-corrected chi connectivity index (χ0v) is 10.3. The quantitative estimate of drug-likeness (QED) is 0.859. The van der Waals surface area contributed by atoms with Crippen LogP contribution in [0.15, 0.2) is 12.3 Å². The molecule has 0 spiro atoms. The fourth-order valence-corrected chi connectivity index (χ4v) is 2.30. The number of nitrogens with zero attached hydrogens (tertiary/aromatic N) is 2. The minimum Gasteiger partial charge on any atom is -0.396 e. The van der Waals surface area contributed by atoms with Crippen LogP contribution in [0.3, 0.4) is 0 Å². The number of hydrogen-bond acceptors (Lipinski definition) is 3. The van der Waals surface area contributed by atoms with Crippen molar-refractivity contribution in [3.8, 4) is 0 Å². The van der Waals surface area contributed by atoms with E-state index in [2.05, 4.69) is 4.98 Å². The summed E-state index contributed by atoms with van der Waals surface area (Å²) < 4.78 is 37.6. The van der Waals surface area contributed by atoms with Crippen molar-refractivity contribution in [1.29, 1.82) is 0 Å². The lowest BCUT2D eigenvalue weighted by Gasteiger charge is -2.34. The number of anilines is 2. The van der Waals surface area contributed by atoms with Gasteiger partial charge in [-0.1, -0.05) is 11.6 Å². The third kappa shape index (κ3) is 2.80. The molecule has 0 saturated carbocycles. The number of alkyl halides is 3. The Morgan fingerprint density at radius 3 is 2.44 bits per heavy atom. The van der Waals surface area contributed by atoms with Crippen LogP contribution in [0.5, 0.6) is 0 Å². The van der Waals surface area contributed by atoms with Gasteiger partial charge in [0.15, 0.2) is 5.82 Å². The summed E-state index contributed by atoms with van der Waals surface area (Å²) in [6, 6.07) is 1.56. The lowest BCUT2D eigenvalue weighted by atomic mass is 9.96. The third-order valence-corrected chi connectivity index (χ3v) is 3.33. The van der Waals surface area contributed by atoms with Crippen molar-refractivity contribution in [3.63, 3.8) is 0 Å². The van der Waals surface area contributed by atoms with E-state index in [-0.39, 0.29) is 12.8 Å². The number of halogens is 4. The molecule has 7 heteroatoms. The van der Waals surface area contributed by atoms with Crippen molar-refractivity contribution < 1.29 is 13.2 Å². The molecule has 0 aromatic carbocycles. The summed E-state index contributed by atoms with van der Waals surface area (Å²) in [7, 11) is 0. The number of hydrogen-bond donors (Lipinski definition) is 1. The van der Waals surface area contributed by atoms with Gasteiger partial charge in [-0.3, -0.25) is 0 Å². The average molecular weight is 280 g/mol. The third-order valence-electron chi connectivity index (χ3n) is 3.12. The van der Waals surface area contributed by atoms with Crippen LogP contribution >= 0.6 is 11.6 Å². The molecule has 1 aromatic rings. The molecule has 0 bridgehead atoms. The fourth-order valence-electron chi connectivity index (χ4n) is 2.13. The molecule has 2 rings (SSSR count). The van der Waals surface area contributed by atoms with E-state index in [9.17, 15) is 13.2 Å². The molecule has 2 N–H and O–H groups in total. The first-order valence-corrected chi connectivity index (χ1v) is 5.98.